The van der Waals surface area contributed by atoms with Crippen molar-refractivity contribution in [2.24, 2.45) is 11.8 Å². The Kier molecular flexibility index (Phi) is 6.52. The average molecular weight is 568 g/mol. The third-order valence-electron chi connectivity index (χ3n) is 8.76. The Balaban J connectivity index is 1.06. The molecule has 2 N–H and O–H groups in total. The topological polar surface area (TPSA) is 142 Å². The molecule has 1 aliphatic carbocycles. The predicted octanol–water partition coefficient (Wildman–Crippen LogP) is 4.54. The number of phenolic OH excluding ortho intramolecular Hbond substituents is 1. The van der Waals surface area contributed by atoms with Gasteiger partial charge >= 0.3 is 5.97 Å². The van der Waals surface area contributed by atoms with Crippen molar-refractivity contribution in [2.75, 3.05) is 22.9 Å². The number of para-hydroxylation sites is 1. The highest BCUT2D eigenvalue weighted by atomic mass is 16.5. The lowest BCUT2D eigenvalue weighted by Crippen LogP contribution is -2.41. The normalized spacial score (nSPS) is 20.7. The third kappa shape index (κ3) is 4.72. The van der Waals surface area contributed by atoms with Gasteiger partial charge in [-0.1, -0.05) is 31.1 Å². The minimum atomic E-state index is -0.934. The summed E-state index contributed by atoms with van der Waals surface area (Å²) in [5, 5.41) is 33.1. The van der Waals surface area contributed by atoms with Crippen LogP contribution in [0, 0.1) is 11.8 Å². The van der Waals surface area contributed by atoms with Crippen molar-refractivity contribution in [2.45, 2.75) is 57.5 Å². The SMILES string of the molecule is CC(C)C(C(=O)O)c1cc(-c2cnc(N3CC[C@@H](C4Cc5nnc(-c6ccccc6O)cc5N4C4CC4)C3)nc2)no1. The van der Waals surface area contributed by atoms with Gasteiger partial charge in [0.15, 0.2) is 5.76 Å². The van der Waals surface area contributed by atoms with E-state index in [1.54, 1.807) is 24.5 Å². The molecule has 1 saturated heterocycles. The van der Waals surface area contributed by atoms with E-state index in [2.05, 4.69) is 41.2 Å². The third-order valence-corrected chi connectivity index (χ3v) is 8.76. The summed E-state index contributed by atoms with van der Waals surface area (Å²) >= 11 is 0. The molecule has 5 heterocycles. The van der Waals surface area contributed by atoms with Crippen LogP contribution in [0.15, 0.2) is 53.3 Å². The van der Waals surface area contributed by atoms with E-state index in [4.69, 9.17) is 4.52 Å². The van der Waals surface area contributed by atoms with E-state index in [0.29, 0.717) is 52.2 Å². The first kappa shape index (κ1) is 26.4. The largest absolute Gasteiger partial charge is 0.507 e. The number of hydrogen-bond donors (Lipinski definition) is 2. The van der Waals surface area contributed by atoms with Gasteiger partial charge in [0.1, 0.15) is 17.4 Å². The molecule has 42 heavy (non-hydrogen) atoms. The van der Waals surface area contributed by atoms with Crippen molar-refractivity contribution in [1.82, 2.24) is 25.3 Å². The standard InChI is InChI=1S/C31H33N7O4/c1-17(2)29(30(40)41)28-13-22(36-42-28)19-14-32-31(33-15-19)37-10-9-18(16-37)25-12-24-26(38(25)20-7-8-20)11-23(34-35-24)21-5-3-4-6-27(21)39/h3-6,11,13-15,17-18,20,25,29,39H,7-10,12,16H2,1-2H3,(H,40,41)/t18-,25?,29?/m1/s1. The average Bonchev–Trinajstić information content (AvgIpc) is 3.34. The van der Waals surface area contributed by atoms with Crippen molar-refractivity contribution in [1.29, 1.82) is 0 Å². The number of aromatic nitrogens is 5. The molecule has 11 nitrogen and oxygen atoms in total. The molecule has 2 fully saturated rings. The molecule has 11 heteroatoms. The van der Waals surface area contributed by atoms with Gasteiger partial charge in [-0.3, -0.25) is 4.79 Å². The molecule has 7 rings (SSSR count). The van der Waals surface area contributed by atoms with E-state index in [0.717, 1.165) is 37.3 Å². The molecule has 4 aromatic rings. The summed E-state index contributed by atoms with van der Waals surface area (Å²) in [6, 6.07) is 11.9. The summed E-state index contributed by atoms with van der Waals surface area (Å²) in [7, 11) is 0. The molecule has 3 atom stereocenters. The van der Waals surface area contributed by atoms with Gasteiger partial charge in [0.2, 0.25) is 5.95 Å². The van der Waals surface area contributed by atoms with Crippen LogP contribution in [0.2, 0.25) is 0 Å². The molecule has 0 spiro atoms. The van der Waals surface area contributed by atoms with E-state index < -0.39 is 11.9 Å². The molecule has 2 aliphatic heterocycles. The fourth-order valence-electron chi connectivity index (χ4n) is 6.49. The molecule has 1 aromatic carbocycles. The van der Waals surface area contributed by atoms with Crippen LogP contribution in [0.4, 0.5) is 11.6 Å². The van der Waals surface area contributed by atoms with E-state index in [9.17, 15) is 15.0 Å². The Morgan fingerprint density at radius 1 is 1.05 bits per heavy atom. The molecule has 1 saturated carbocycles. The fraction of sp³-hybridized carbons (Fsp3) is 0.419. The van der Waals surface area contributed by atoms with Crippen molar-refractivity contribution >= 4 is 17.6 Å². The molecule has 0 amide bonds. The molecular weight excluding hydrogens is 534 g/mol. The summed E-state index contributed by atoms with van der Waals surface area (Å²) in [6.45, 7) is 5.41. The quantitative estimate of drug-likeness (QED) is 0.310. The van der Waals surface area contributed by atoms with Crippen molar-refractivity contribution in [3.05, 3.63) is 60.2 Å². The number of nitrogens with zero attached hydrogens (tertiary/aromatic N) is 7. The summed E-state index contributed by atoms with van der Waals surface area (Å²) in [4.78, 5) is 25.7. The highest BCUT2D eigenvalue weighted by Gasteiger charge is 2.45. The molecular formula is C31H33N7O4. The van der Waals surface area contributed by atoms with Crippen LogP contribution in [0.5, 0.6) is 5.75 Å². The van der Waals surface area contributed by atoms with Gasteiger partial charge in [-0.2, -0.15) is 5.10 Å². The second-order valence-corrected chi connectivity index (χ2v) is 11.9. The molecule has 0 radical (unpaired) electrons. The smallest absolute Gasteiger partial charge is 0.314 e. The van der Waals surface area contributed by atoms with Gasteiger partial charge in [-0.05, 0) is 49.3 Å². The van der Waals surface area contributed by atoms with Crippen LogP contribution < -0.4 is 9.80 Å². The Hall–Kier alpha value is -4.54. The van der Waals surface area contributed by atoms with Crippen LogP contribution in [0.25, 0.3) is 22.5 Å². The molecule has 0 bridgehead atoms. The highest BCUT2D eigenvalue weighted by molar-refractivity contribution is 5.76. The summed E-state index contributed by atoms with van der Waals surface area (Å²) in [6.07, 6.45) is 7.70. The van der Waals surface area contributed by atoms with Gasteiger partial charge in [0, 0.05) is 61.2 Å². The van der Waals surface area contributed by atoms with Crippen molar-refractivity contribution in [3.8, 4) is 28.3 Å². The van der Waals surface area contributed by atoms with Gasteiger partial charge in [-0.15, -0.1) is 5.10 Å². The maximum atomic E-state index is 11.7. The lowest BCUT2D eigenvalue weighted by atomic mass is 9.93. The summed E-state index contributed by atoms with van der Waals surface area (Å²) in [5.74, 6) is -0.177. The number of carbonyl (C=O) groups is 1. The van der Waals surface area contributed by atoms with Gasteiger partial charge in [0.25, 0.3) is 0 Å². The molecule has 3 aromatic heterocycles. The first-order chi connectivity index (χ1) is 20.4. The molecule has 3 aliphatic rings. The first-order valence-electron chi connectivity index (χ1n) is 14.6. The Morgan fingerprint density at radius 3 is 2.55 bits per heavy atom. The number of aliphatic carboxylic acids is 1. The fourth-order valence-corrected chi connectivity index (χ4v) is 6.49. The minimum absolute atomic E-state index is 0.125. The van der Waals surface area contributed by atoms with E-state index >= 15 is 0 Å². The van der Waals surface area contributed by atoms with E-state index in [-0.39, 0.29) is 11.7 Å². The second-order valence-electron chi connectivity index (χ2n) is 11.9. The van der Waals surface area contributed by atoms with Crippen LogP contribution in [-0.2, 0) is 11.2 Å². The number of carboxylic acid groups (broad SMARTS) is 1. The van der Waals surface area contributed by atoms with Gasteiger partial charge < -0.3 is 24.5 Å². The van der Waals surface area contributed by atoms with E-state index in [1.807, 2.05) is 32.0 Å². The number of hydrogen-bond acceptors (Lipinski definition) is 10. The monoisotopic (exact) mass is 567 g/mol. The van der Waals surface area contributed by atoms with Gasteiger partial charge in [-0.25, -0.2) is 9.97 Å². The van der Waals surface area contributed by atoms with Crippen LogP contribution in [0.3, 0.4) is 0 Å². The Morgan fingerprint density at radius 2 is 1.83 bits per heavy atom. The highest BCUT2D eigenvalue weighted by Crippen LogP contribution is 2.45. The zero-order valence-electron chi connectivity index (χ0n) is 23.6. The van der Waals surface area contributed by atoms with Crippen molar-refractivity contribution in [3.63, 3.8) is 0 Å². The first-order valence-corrected chi connectivity index (χ1v) is 14.6. The number of aromatic hydroxyl groups is 1. The second kappa shape index (κ2) is 10.4. The zero-order valence-corrected chi connectivity index (χ0v) is 23.6. The number of benzene rings is 1. The Labute approximate surface area is 243 Å². The maximum absolute atomic E-state index is 11.7. The predicted molar refractivity (Wildman–Crippen MR) is 155 cm³/mol. The summed E-state index contributed by atoms with van der Waals surface area (Å²) in [5.41, 5.74) is 4.77. The lowest BCUT2D eigenvalue weighted by Gasteiger charge is -2.32. The molecule has 2 unspecified atom stereocenters. The minimum Gasteiger partial charge on any atom is -0.507 e. The number of phenols is 1. The summed E-state index contributed by atoms with van der Waals surface area (Å²) < 4.78 is 5.38. The Bertz CT molecular complexity index is 1620. The maximum Gasteiger partial charge on any atom is 0.314 e. The van der Waals surface area contributed by atoms with Crippen LogP contribution >= 0.6 is 0 Å². The number of anilines is 2. The lowest BCUT2D eigenvalue weighted by molar-refractivity contribution is -0.140. The number of rotatable bonds is 8. The number of carboxylic acids is 1. The zero-order chi connectivity index (χ0) is 29.0. The van der Waals surface area contributed by atoms with Crippen LogP contribution in [-0.4, -0.2) is 66.7 Å². The van der Waals surface area contributed by atoms with E-state index in [1.165, 1.54) is 12.8 Å². The molecule has 216 valence electrons. The van der Waals surface area contributed by atoms with Crippen molar-refractivity contribution < 1.29 is 19.5 Å². The van der Waals surface area contributed by atoms with Crippen LogP contribution in [0.1, 0.15) is 50.5 Å². The number of fused-ring (bicyclic) bond motifs is 1. The van der Waals surface area contributed by atoms with Gasteiger partial charge in [0.05, 0.1) is 17.1 Å².